The fraction of sp³-hybridized carbons (Fsp3) is 0.300. The number of hydrogen-bond acceptors (Lipinski definition) is 6. The van der Waals surface area contributed by atoms with Crippen LogP contribution < -0.4 is 5.32 Å². The summed E-state index contributed by atoms with van der Waals surface area (Å²) >= 11 is 0. The lowest BCUT2D eigenvalue weighted by molar-refractivity contribution is 0.0599. The second-order valence-corrected chi connectivity index (χ2v) is 6.55. The van der Waals surface area contributed by atoms with E-state index in [0.717, 1.165) is 13.1 Å². The maximum atomic E-state index is 12.6. The zero-order valence-electron chi connectivity index (χ0n) is 15.8. The topological polar surface area (TPSA) is 91.8 Å². The molecule has 1 aromatic heterocycles. The molecule has 146 valence electrons. The predicted octanol–water partition coefficient (Wildman–Crippen LogP) is 1.51. The van der Waals surface area contributed by atoms with Crippen molar-refractivity contribution >= 4 is 23.5 Å². The Labute approximate surface area is 163 Å². The molecular formula is C20H22N4O4. The number of carbonyl (C=O) groups excluding carboxylic acids is 3. The fourth-order valence-corrected chi connectivity index (χ4v) is 2.87. The number of nitrogens with one attached hydrogen (secondary N) is 1. The molecule has 0 saturated carbocycles. The number of ether oxygens (including phenoxy) is 1. The second-order valence-electron chi connectivity index (χ2n) is 6.55. The summed E-state index contributed by atoms with van der Waals surface area (Å²) in [5.41, 5.74) is 1.51. The Kier molecular flexibility index (Phi) is 6.00. The van der Waals surface area contributed by atoms with Gasteiger partial charge in [-0.3, -0.25) is 14.6 Å². The van der Waals surface area contributed by atoms with Crippen LogP contribution in [0.3, 0.4) is 0 Å². The number of esters is 1. The summed E-state index contributed by atoms with van der Waals surface area (Å²) < 4.78 is 4.65. The van der Waals surface area contributed by atoms with E-state index in [-0.39, 0.29) is 17.5 Å². The number of piperazine rings is 1. The Morgan fingerprint density at radius 2 is 1.68 bits per heavy atom. The highest BCUT2D eigenvalue weighted by atomic mass is 16.5. The lowest BCUT2D eigenvalue weighted by atomic mass is 10.1. The van der Waals surface area contributed by atoms with Gasteiger partial charge in [0.15, 0.2) is 0 Å². The summed E-state index contributed by atoms with van der Waals surface area (Å²) in [6, 6.07) is 9.41. The molecule has 1 fully saturated rings. The van der Waals surface area contributed by atoms with Gasteiger partial charge in [-0.05, 0) is 43.4 Å². The Morgan fingerprint density at radius 3 is 2.32 bits per heavy atom. The number of aromatic nitrogens is 1. The minimum atomic E-state index is -0.445. The quantitative estimate of drug-likeness (QED) is 0.806. The molecule has 28 heavy (non-hydrogen) atoms. The summed E-state index contributed by atoms with van der Waals surface area (Å²) in [5, 5.41) is 2.74. The third-order valence-corrected chi connectivity index (χ3v) is 4.60. The molecule has 0 unspecified atom stereocenters. The van der Waals surface area contributed by atoms with Crippen LogP contribution in [0, 0.1) is 0 Å². The highest BCUT2D eigenvalue weighted by Crippen LogP contribution is 2.13. The second kappa shape index (κ2) is 8.62. The van der Waals surface area contributed by atoms with E-state index in [9.17, 15) is 14.4 Å². The Balaban J connectivity index is 1.68. The van der Waals surface area contributed by atoms with Crippen molar-refractivity contribution in [2.75, 3.05) is 45.7 Å². The maximum absolute atomic E-state index is 12.6. The molecule has 1 saturated heterocycles. The number of pyridine rings is 1. The zero-order chi connectivity index (χ0) is 20.1. The third kappa shape index (κ3) is 4.52. The van der Waals surface area contributed by atoms with Crippen LogP contribution in [0.5, 0.6) is 0 Å². The van der Waals surface area contributed by atoms with Crippen LogP contribution in [0.15, 0.2) is 42.6 Å². The number of carbonyl (C=O) groups is 3. The molecule has 1 N–H and O–H groups in total. The van der Waals surface area contributed by atoms with Crippen molar-refractivity contribution in [2.24, 2.45) is 0 Å². The maximum Gasteiger partial charge on any atom is 0.337 e. The predicted molar refractivity (Wildman–Crippen MR) is 103 cm³/mol. The number of amides is 2. The number of nitrogens with zero attached hydrogens (tertiary/aromatic N) is 3. The summed E-state index contributed by atoms with van der Waals surface area (Å²) in [6.45, 7) is 2.90. The lowest BCUT2D eigenvalue weighted by Gasteiger charge is -2.32. The van der Waals surface area contributed by atoms with Gasteiger partial charge in [0.2, 0.25) is 0 Å². The highest BCUT2D eigenvalue weighted by Gasteiger charge is 2.22. The van der Waals surface area contributed by atoms with Crippen molar-refractivity contribution < 1.29 is 19.1 Å². The minimum Gasteiger partial charge on any atom is -0.465 e. The van der Waals surface area contributed by atoms with Gasteiger partial charge in [-0.2, -0.15) is 0 Å². The summed E-state index contributed by atoms with van der Waals surface area (Å²) in [6.07, 6.45) is 1.46. The molecule has 0 atom stereocenters. The summed E-state index contributed by atoms with van der Waals surface area (Å²) in [7, 11) is 3.32. The van der Waals surface area contributed by atoms with Gasteiger partial charge in [0.1, 0.15) is 5.69 Å². The van der Waals surface area contributed by atoms with Crippen LogP contribution in [0.25, 0.3) is 0 Å². The first-order valence-corrected chi connectivity index (χ1v) is 8.91. The van der Waals surface area contributed by atoms with Crippen molar-refractivity contribution in [1.82, 2.24) is 14.8 Å². The van der Waals surface area contributed by atoms with E-state index >= 15 is 0 Å². The zero-order valence-corrected chi connectivity index (χ0v) is 15.8. The number of rotatable bonds is 4. The molecule has 3 rings (SSSR count). The van der Waals surface area contributed by atoms with Crippen molar-refractivity contribution in [3.63, 3.8) is 0 Å². The molecule has 0 spiro atoms. The van der Waals surface area contributed by atoms with Crippen molar-refractivity contribution in [2.45, 2.75) is 0 Å². The first-order valence-electron chi connectivity index (χ1n) is 8.91. The Bertz CT molecular complexity index is 874. The molecule has 1 aliphatic rings. The first-order chi connectivity index (χ1) is 13.5. The van der Waals surface area contributed by atoms with Gasteiger partial charge in [-0.1, -0.05) is 0 Å². The van der Waals surface area contributed by atoms with Crippen LogP contribution in [-0.2, 0) is 4.74 Å². The number of benzene rings is 1. The standard InChI is InChI=1S/C20H22N4O4/c1-23-9-11-24(12-10-23)19(26)17-13-15(7-8-21-17)18(25)22-16-5-3-14(4-6-16)20(27)28-2/h3-8,13H,9-12H2,1-2H3,(H,22,25). The molecule has 0 radical (unpaired) electrons. The normalized spacial score (nSPS) is 14.4. The SMILES string of the molecule is COC(=O)c1ccc(NC(=O)c2ccnc(C(=O)N3CCN(C)CC3)c2)cc1. The van der Waals surface area contributed by atoms with Gasteiger partial charge in [0.05, 0.1) is 12.7 Å². The first kappa shape index (κ1) is 19.5. The van der Waals surface area contributed by atoms with Gasteiger partial charge < -0.3 is 19.9 Å². The third-order valence-electron chi connectivity index (χ3n) is 4.60. The molecule has 1 aliphatic heterocycles. The molecule has 1 aromatic carbocycles. The van der Waals surface area contributed by atoms with E-state index in [1.807, 2.05) is 7.05 Å². The number of hydrogen-bond donors (Lipinski definition) is 1. The van der Waals surface area contributed by atoms with E-state index in [4.69, 9.17) is 0 Å². The Morgan fingerprint density at radius 1 is 1.00 bits per heavy atom. The average molecular weight is 382 g/mol. The van der Waals surface area contributed by atoms with Gasteiger partial charge in [-0.25, -0.2) is 4.79 Å². The molecular weight excluding hydrogens is 360 g/mol. The van der Waals surface area contributed by atoms with Crippen LogP contribution in [0.2, 0.25) is 0 Å². The minimum absolute atomic E-state index is 0.176. The summed E-state index contributed by atoms with van der Waals surface area (Å²) in [4.78, 5) is 44.7. The van der Waals surface area contributed by atoms with E-state index in [2.05, 4.69) is 19.9 Å². The van der Waals surface area contributed by atoms with Crippen LogP contribution in [-0.4, -0.2) is 72.9 Å². The average Bonchev–Trinajstić information content (AvgIpc) is 2.74. The molecule has 8 heteroatoms. The molecule has 2 amide bonds. The molecule has 0 bridgehead atoms. The van der Waals surface area contributed by atoms with Crippen LogP contribution >= 0.6 is 0 Å². The van der Waals surface area contributed by atoms with Gasteiger partial charge in [0.25, 0.3) is 11.8 Å². The lowest BCUT2D eigenvalue weighted by Crippen LogP contribution is -2.47. The molecule has 0 aliphatic carbocycles. The van der Waals surface area contributed by atoms with Gasteiger partial charge >= 0.3 is 5.97 Å². The highest BCUT2D eigenvalue weighted by molar-refractivity contribution is 6.05. The number of methoxy groups -OCH3 is 1. The Hall–Kier alpha value is -3.26. The van der Waals surface area contributed by atoms with Crippen molar-refractivity contribution in [3.8, 4) is 0 Å². The van der Waals surface area contributed by atoms with Crippen LogP contribution in [0.4, 0.5) is 5.69 Å². The largest absolute Gasteiger partial charge is 0.465 e. The van der Waals surface area contributed by atoms with E-state index < -0.39 is 5.97 Å². The molecule has 8 nitrogen and oxygen atoms in total. The van der Waals surface area contributed by atoms with Crippen LogP contribution in [0.1, 0.15) is 31.2 Å². The van der Waals surface area contributed by atoms with E-state index in [1.165, 1.54) is 19.4 Å². The van der Waals surface area contributed by atoms with E-state index in [0.29, 0.717) is 29.9 Å². The molecule has 2 heterocycles. The number of anilines is 1. The van der Waals surface area contributed by atoms with Crippen molar-refractivity contribution in [1.29, 1.82) is 0 Å². The smallest absolute Gasteiger partial charge is 0.337 e. The fourth-order valence-electron chi connectivity index (χ4n) is 2.87. The van der Waals surface area contributed by atoms with Gasteiger partial charge in [-0.15, -0.1) is 0 Å². The summed E-state index contributed by atoms with van der Waals surface area (Å²) in [5.74, 6) is -0.982. The number of likely N-dealkylation sites (N-methyl/N-ethyl adjacent to an activating group) is 1. The van der Waals surface area contributed by atoms with E-state index in [1.54, 1.807) is 35.2 Å². The van der Waals surface area contributed by atoms with Gasteiger partial charge in [0, 0.05) is 43.6 Å². The van der Waals surface area contributed by atoms with Crippen molar-refractivity contribution in [3.05, 3.63) is 59.4 Å². The monoisotopic (exact) mass is 382 g/mol. The molecule has 2 aromatic rings.